The average molecular weight is 904 g/mol. The Morgan fingerprint density at radius 3 is 1.16 bits per heavy atom. The van der Waals surface area contributed by atoms with E-state index in [1.807, 2.05) is 0 Å². The number of allylic oxidation sites excluding steroid dienone is 2. The molecule has 0 heterocycles. The van der Waals surface area contributed by atoms with E-state index in [1.54, 1.807) is 23.5 Å². The molecule has 0 bridgehead atoms. The van der Waals surface area contributed by atoms with Crippen molar-refractivity contribution >= 4 is 58.6 Å². The molecule has 6 aromatic carbocycles. The van der Waals surface area contributed by atoms with Crippen molar-refractivity contribution in [3.05, 3.63) is 189 Å². The van der Waals surface area contributed by atoms with Crippen LogP contribution in [0.5, 0.6) is 0 Å². The van der Waals surface area contributed by atoms with Crippen LogP contribution in [0.4, 0.5) is 0 Å². The SMILES string of the molecule is CSc1ccc(Cc2ccc(-c3cccc4c3C=C(C)[CH]4[Zr]([Cl])([Cl])([CH]3C(C)=Cc4c(-c5ccc(Cc6ccc(SC)cc6)cc5)cccc43)[SiH](C)C)cc2)cc1. The fraction of sp³-hybridized carbons (Fsp3) is 0.200. The number of benzene rings is 6. The van der Waals surface area contributed by atoms with Crippen molar-refractivity contribution in [1.82, 2.24) is 0 Å². The minimum atomic E-state index is -4.79. The van der Waals surface area contributed by atoms with Gasteiger partial charge >= 0.3 is 309 Å². The van der Waals surface area contributed by atoms with Gasteiger partial charge in [-0.3, -0.25) is 0 Å². The summed E-state index contributed by atoms with van der Waals surface area (Å²) in [7, 11) is 17.1. The Morgan fingerprint density at radius 2 is 0.839 bits per heavy atom. The topological polar surface area (TPSA) is 0 Å². The second-order valence-electron chi connectivity index (χ2n) is 16.1. The van der Waals surface area contributed by atoms with E-state index >= 15 is 0 Å². The minimum absolute atomic E-state index is 0.0668. The number of halogens is 2. The predicted molar refractivity (Wildman–Crippen MR) is 249 cm³/mol. The van der Waals surface area contributed by atoms with E-state index < -0.39 is 21.5 Å². The zero-order chi connectivity index (χ0) is 39.2. The molecule has 2 atom stereocenters. The zero-order valence-corrected chi connectivity index (χ0v) is 39.8. The molecule has 0 radical (unpaired) electrons. The number of rotatable bonds is 11. The summed E-state index contributed by atoms with van der Waals surface area (Å²) in [6.07, 6.45) is 10.9. The van der Waals surface area contributed by atoms with Gasteiger partial charge in [-0.2, -0.15) is 0 Å². The van der Waals surface area contributed by atoms with Gasteiger partial charge in [0.2, 0.25) is 0 Å². The molecule has 2 aliphatic rings. The summed E-state index contributed by atoms with van der Waals surface area (Å²) in [5.41, 5.74) is 18.2. The molecule has 8 rings (SSSR count). The van der Waals surface area contributed by atoms with Crippen molar-refractivity contribution in [1.29, 1.82) is 0 Å². The van der Waals surface area contributed by atoms with Crippen molar-refractivity contribution in [3.63, 3.8) is 0 Å². The number of hydrogen-bond donors (Lipinski definition) is 0. The number of hydrogen-bond acceptors (Lipinski definition) is 2. The van der Waals surface area contributed by atoms with E-state index in [-0.39, 0.29) is 7.25 Å². The molecule has 6 aromatic rings. The number of thioether (sulfide) groups is 2. The molecule has 283 valence electrons. The Balaban J connectivity index is 1.11. The molecule has 0 aliphatic heterocycles. The van der Waals surface area contributed by atoms with Crippen LogP contribution in [0.2, 0.25) is 13.1 Å². The maximum absolute atomic E-state index is 8.57. The monoisotopic (exact) mass is 901 g/mol. The first-order valence-corrected chi connectivity index (χ1v) is 38.4. The van der Waals surface area contributed by atoms with Gasteiger partial charge in [0, 0.05) is 9.79 Å². The van der Waals surface area contributed by atoms with Crippen molar-refractivity contribution in [2.45, 2.75) is 56.8 Å². The molecular weight excluding hydrogens is 855 g/mol. The molecule has 0 saturated carbocycles. The third-order valence-corrected chi connectivity index (χ3v) is 66.2. The summed E-state index contributed by atoms with van der Waals surface area (Å²) >= 11 is -1.23. The van der Waals surface area contributed by atoms with Gasteiger partial charge in [-0.15, -0.1) is 23.5 Å². The molecule has 0 amide bonds. The fourth-order valence-corrected chi connectivity index (χ4v) is 43.2. The van der Waals surface area contributed by atoms with Gasteiger partial charge in [0.05, 0.1) is 0 Å². The van der Waals surface area contributed by atoms with Crippen molar-refractivity contribution in [2.24, 2.45) is 0 Å². The van der Waals surface area contributed by atoms with Gasteiger partial charge in [0.15, 0.2) is 0 Å². The van der Waals surface area contributed by atoms with Crippen molar-refractivity contribution in [3.8, 4) is 22.3 Å². The molecule has 0 fully saturated rings. The van der Waals surface area contributed by atoms with Gasteiger partial charge < -0.3 is 0 Å². The first-order valence-electron chi connectivity index (χ1n) is 19.6. The Labute approximate surface area is 351 Å². The van der Waals surface area contributed by atoms with Gasteiger partial charge in [0.25, 0.3) is 0 Å². The molecule has 6 heteroatoms. The van der Waals surface area contributed by atoms with Crippen LogP contribution in [0.15, 0.2) is 154 Å². The van der Waals surface area contributed by atoms with Crippen LogP contribution in [0, 0.1) is 0 Å². The van der Waals surface area contributed by atoms with Crippen molar-refractivity contribution < 1.29 is 15.6 Å². The van der Waals surface area contributed by atoms with E-state index in [0.717, 1.165) is 12.8 Å². The Morgan fingerprint density at radius 1 is 0.500 bits per heavy atom. The van der Waals surface area contributed by atoms with Crippen LogP contribution in [0.25, 0.3) is 34.4 Å². The van der Waals surface area contributed by atoms with E-state index in [4.69, 9.17) is 17.0 Å². The van der Waals surface area contributed by atoms with Crippen molar-refractivity contribution in [2.75, 3.05) is 12.5 Å². The fourth-order valence-electron chi connectivity index (χ4n) is 9.47. The molecule has 0 aromatic heterocycles. The van der Waals surface area contributed by atoms with Gasteiger partial charge in [-0.25, -0.2) is 0 Å². The molecule has 2 aliphatic carbocycles. The van der Waals surface area contributed by atoms with Gasteiger partial charge in [0.1, 0.15) is 0 Å². The summed E-state index contributed by atoms with van der Waals surface area (Å²) < 4.78 is 0.134. The van der Waals surface area contributed by atoms with Crippen LogP contribution in [0.1, 0.15) is 65.6 Å². The Bertz CT molecular complexity index is 2300. The normalized spacial score (nSPS) is 16.9. The molecule has 0 N–H and O–H groups in total. The van der Waals surface area contributed by atoms with Gasteiger partial charge in [-0.05, 0) is 12.5 Å². The zero-order valence-electron chi connectivity index (χ0n) is 33.1. The number of fused-ring (bicyclic) bond motifs is 2. The van der Waals surface area contributed by atoms with Crippen LogP contribution in [0.3, 0.4) is 0 Å². The molecule has 0 saturated heterocycles. The second kappa shape index (κ2) is 16.1. The average Bonchev–Trinajstić information content (AvgIpc) is 3.75. The molecule has 2 unspecified atom stereocenters. The summed E-state index contributed by atoms with van der Waals surface area (Å²) in [5.74, 6) is -1.63. The molecule has 0 spiro atoms. The third kappa shape index (κ3) is 7.27. The van der Waals surface area contributed by atoms with Gasteiger partial charge in [-0.1, -0.05) is 0 Å². The van der Waals surface area contributed by atoms with Crippen LogP contribution >= 0.6 is 40.5 Å². The summed E-state index contributed by atoms with van der Waals surface area (Å²) in [6.45, 7) is 9.43. The van der Waals surface area contributed by atoms with E-state index in [0.29, 0.717) is 0 Å². The van der Waals surface area contributed by atoms with Crippen LogP contribution in [-0.4, -0.2) is 18.4 Å². The van der Waals surface area contributed by atoms with Crippen LogP contribution < -0.4 is 0 Å². The molecule has 0 nitrogen and oxygen atoms in total. The Kier molecular flexibility index (Phi) is 11.5. The first kappa shape index (κ1) is 40.0. The first-order chi connectivity index (χ1) is 27.0. The molecule has 56 heavy (non-hydrogen) atoms. The predicted octanol–water partition coefficient (Wildman–Crippen LogP) is 15.2. The second-order valence-corrected chi connectivity index (χ2v) is 60.4. The quantitative estimate of drug-likeness (QED) is 0.0939. The third-order valence-electron chi connectivity index (χ3n) is 12.4. The summed E-state index contributed by atoms with van der Waals surface area (Å²) in [5, 5.41) is 0. The maximum atomic E-state index is 8.57. The molecular formula is C50H49Cl2S2SiZr. The summed E-state index contributed by atoms with van der Waals surface area (Å²) in [6, 6.07) is 49.8. The van der Waals surface area contributed by atoms with Crippen LogP contribution in [-0.2, 0) is 28.4 Å². The van der Waals surface area contributed by atoms with E-state index in [2.05, 4.69) is 185 Å². The summed E-state index contributed by atoms with van der Waals surface area (Å²) in [4.78, 5) is 2.60. The van der Waals surface area contributed by atoms with E-state index in [9.17, 15) is 0 Å². The Hall–Kier alpha value is -2.82. The van der Waals surface area contributed by atoms with E-state index in [1.165, 1.54) is 87.7 Å². The standard InChI is InChI=1S/2C24H21S.C2H7Si.2ClH.Zr/c2*1-17-14-21-4-3-5-23(24(21)15-17)20-10-6-18(7-11-20)16-19-8-12-22(25-2)13-9-19;1-3-2;;;/h2*3-15H,16H2,1-2H3;3H,1-2H3;2*1H;/q;;;;;+2/p-2.